The summed E-state index contributed by atoms with van der Waals surface area (Å²) in [6.07, 6.45) is 16.1. The first-order valence-electron chi connectivity index (χ1n) is 18.3. The van der Waals surface area contributed by atoms with Gasteiger partial charge in [-0.3, -0.25) is 0 Å². The van der Waals surface area contributed by atoms with E-state index in [-0.39, 0.29) is 11.3 Å². The third kappa shape index (κ3) is 4.24. The molecule has 4 heteroatoms. The maximum Gasteiger partial charge on any atom is 0.164 e. The van der Waals surface area contributed by atoms with Gasteiger partial charge in [-0.15, -0.1) is 0 Å². The standard InChI is InChI=1S/C48H35N3O/c1-48(2)41-16-8-7-14-36(41)37-22-19-30(26-42(37)48)46-49-27-50-47(51-46)38-15-9-17-44-45(38)40-25-29(20-23-43(40)52-44)28-18-21-35-33-12-4-3-10-31(33)32-11-5-6-13-34(32)39(35)24-28/h3-24,26-27,29,31,33H,25H2,1-2H3. The van der Waals surface area contributed by atoms with Crippen molar-refractivity contribution in [1.29, 1.82) is 0 Å². The lowest BCUT2D eigenvalue weighted by Gasteiger charge is -2.34. The zero-order valence-electron chi connectivity index (χ0n) is 29.0. The van der Waals surface area contributed by atoms with E-state index in [4.69, 9.17) is 14.4 Å². The Bertz CT molecular complexity index is 2730. The topological polar surface area (TPSA) is 51.8 Å². The molecule has 0 aliphatic heterocycles. The van der Waals surface area contributed by atoms with Crippen molar-refractivity contribution in [3.05, 3.63) is 179 Å². The molecule has 2 aromatic heterocycles. The van der Waals surface area contributed by atoms with Crippen molar-refractivity contribution < 1.29 is 4.42 Å². The molecule has 0 bridgehead atoms. The zero-order valence-corrected chi connectivity index (χ0v) is 29.0. The van der Waals surface area contributed by atoms with Crippen LogP contribution in [0, 0.1) is 0 Å². The summed E-state index contributed by atoms with van der Waals surface area (Å²) in [6, 6.07) is 37.6. The highest BCUT2D eigenvalue weighted by atomic mass is 16.3. The van der Waals surface area contributed by atoms with Crippen LogP contribution in [0.15, 0.2) is 144 Å². The van der Waals surface area contributed by atoms with Crippen molar-refractivity contribution in [3.63, 3.8) is 0 Å². The first-order chi connectivity index (χ1) is 25.5. The third-order valence-electron chi connectivity index (χ3n) is 12.0. The van der Waals surface area contributed by atoms with Gasteiger partial charge in [0.2, 0.25) is 0 Å². The van der Waals surface area contributed by atoms with E-state index in [0.717, 1.165) is 34.3 Å². The van der Waals surface area contributed by atoms with Crippen LogP contribution in [0.4, 0.5) is 0 Å². The summed E-state index contributed by atoms with van der Waals surface area (Å²) in [5.41, 5.74) is 16.0. The van der Waals surface area contributed by atoms with E-state index in [0.29, 0.717) is 23.5 Å². The Balaban J connectivity index is 0.966. The van der Waals surface area contributed by atoms with E-state index < -0.39 is 0 Å². The molecule has 0 N–H and O–H groups in total. The molecule has 0 amide bonds. The summed E-state index contributed by atoms with van der Waals surface area (Å²) < 4.78 is 6.48. The Morgan fingerprint density at radius 2 is 1.38 bits per heavy atom. The second-order valence-electron chi connectivity index (χ2n) is 15.1. The number of aromatic nitrogens is 3. The number of rotatable bonds is 3. The Labute approximate surface area is 303 Å². The van der Waals surface area contributed by atoms with Crippen LogP contribution in [0.3, 0.4) is 0 Å². The molecule has 0 spiro atoms. The quantitative estimate of drug-likeness (QED) is 0.188. The number of allylic oxidation sites excluding steroid dienone is 5. The van der Waals surface area contributed by atoms with E-state index in [1.54, 1.807) is 6.33 Å². The molecule has 3 unspecified atom stereocenters. The van der Waals surface area contributed by atoms with Crippen LogP contribution in [0.25, 0.3) is 62.1 Å². The average molecular weight is 670 g/mol. The van der Waals surface area contributed by atoms with Crippen molar-refractivity contribution in [2.24, 2.45) is 0 Å². The van der Waals surface area contributed by atoms with Gasteiger partial charge in [0.1, 0.15) is 17.7 Å². The highest BCUT2D eigenvalue weighted by Crippen LogP contribution is 2.51. The number of benzene rings is 5. The summed E-state index contributed by atoms with van der Waals surface area (Å²) in [6.45, 7) is 4.60. The van der Waals surface area contributed by atoms with Gasteiger partial charge in [0.05, 0.1) is 0 Å². The fourth-order valence-electron chi connectivity index (χ4n) is 9.45. The lowest BCUT2D eigenvalue weighted by atomic mass is 9.69. The minimum absolute atomic E-state index is 0.0998. The van der Waals surface area contributed by atoms with Gasteiger partial charge < -0.3 is 4.42 Å². The molecule has 7 aromatic rings. The monoisotopic (exact) mass is 669 g/mol. The molecule has 3 atom stereocenters. The molecule has 0 fully saturated rings. The lowest BCUT2D eigenvalue weighted by Crippen LogP contribution is -2.17. The largest absolute Gasteiger partial charge is 0.456 e. The van der Waals surface area contributed by atoms with Gasteiger partial charge in [-0.25, -0.2) is 15.0 Å². The Hall–Kier alpha value is -6.13. The number of hydrogen-bond donors (Lipinski definition) is 0. The molecule has 4 aliphatic rings. The second kappa shape index (κ2) is 10.9. The Morgan fingerprint density at radius 3 is 2.27 bits per heavy atom. The summed E-state index contributed by atoms with van der Waals surface area (Å²) in [7, 11) is 0. The minimum atomic E-state index is -0.0998. The molecule has 2 heterocycles. The van der Waals surface area contributed by atoms with Crippen LogP contribution in [0.5, 0.6) is 0 Å². The van der Waals surface area contributed by atoms with Crippen molar-refractivity contribution in [1.82, 2.24) is 15.0 Å². The maximum absolute atomic E-state index is 6.48. The predicted octanol–water partition coefficient (Wildman–Crippen LogP) is 11.6. The molecule has 4 aliphatic carbocycles. The van der Waals surface area contributed by atoms with Crippen LogP contribution >= 0.6 is 0 Å². The number of fused-ring (bicyclic) bond motifs is 12. The van der Waals surface area contributed by atoms with Crippen molar-refractivity contribution in [2.75, 3.05) is 0 Å². The zero-order chi connectivity index (χ0) is 34.6. The van der Waals surface area contributed by atoms with Crippen LogP contribution in [-0.2, 0) is 11.8 Å². The summed E-state index contributed by atoms with van der Waals surface area (Å²) in [4.78, 5) is 14.5. The Kier molecular flexibility index (Phi) is 6.22. The number of hydrogen-bond acceptors (Lipinski definition) is 4. The van der Waals surface area contributed by atoms with E-state index in [9.17, 15) is 0 Å². The molecule has 4 nitrogen and oxygen atoms in total. The smallest absolute Gasteiger partial charge is 0.164 e. The molecule has 0 radical (unpaired) electrons. The number of nitrogens with zero attached hydrogens (tertiary/aromatic N) is 3. The first-order valence-corrected chi connectivity index (χ1v) is 18.3. The van der Waals surface area contributed by atoms with Crippen molar-refractivity contribution >= 4 is 17.0 Å². The molecule has 11 rings (SSSR count). The minimum Gasteiger partial charge on any atom is -0.456 e. The van der Waals surface area contributed by atoms with E-state index in [1.165, 1.54) is 55.6 Å². The fourth-order valence-corrected chi connectivity index (χ4v) is 9.45. The van der Waals surface area contributed by atoms with Gasteiger partial charge in [0.25, 0.3) is 0 Å². The normalized spacial score (nSPS) is 19.8. The fraction of sp³-hybridized carbons (Fsp3) is 0.146. The third-order valence-corrected chi connectivity index (χ3v) is 12.0. The molecular formula is C48H35N3O. The molecule has 52 heavy (non-hydrogen) atoms. The molecule has 248 valence electrons. The van der Waals surface area contributed by atoms with E-state index in [2.05, 4.69) is 152 Å². The van der Waals surface area contributed by atoms with E-state index >= 15 is 0 Å². The first kappa shape index (κ1) is 29.6. The van der Waals surface area contributed by atoms with Gasteiger partial charge >= 0.3 is 0 Å². The van der Waals surface area contributed by atoms with Gasteiger partial charge in [-0.1, -0.05) is 135 Å². The predicted molar refractivity (Wildman–Crippen MR) is 209 cm³/mol. The van der Waals surface area contributed by atoms with Gasteiger partial charge in [-0.2, -0.15) is 0 Å². The van der Waals surface area contributed by atoms with Crippen LogP contribution < -0.4 is 0 Å². The molecular weight excluding hydrogens is 635 g/mol. The average Bonchev–Trinajstić information content (AvgIpc) is 3.69. The highest BCUT2D eigenvalue weighted by Gasteiger charge is 2.36. The Morgan fingerprint density at radius 1 is 0.635 bits per heavy atom. The second-order valence-corrected chi connectivity index (χ2v) is 15.1. The number of furan rings is 1. The lowest BCUT2D eigenvalue weighted by molar-refractivity contribution is 0.591. The SMILES string of the molecule is CC1(C)c2ccccc2-c2ccc(-c3ncnc(-c4cccc5oc6c(c45)CC(c4ccc5c(c4)-c4ccccc4C4C=CC=CC54)C=C6)n3)cc21. The summed E-state index contributed by atoms with van der Waals surface area (Å²) >= 11 is 0. The van der Waals surface area contributed by atoms with Crippen molar-refractivity contribution in [3.8, 4) is 45.0 Å². The van der Waals surface area contributed by atoms with Crippen molar-refractivity contribution in [2.45, 2.75) is 43.4 Å². The summed E-state index contributed by atoms with van der Waals surface area (Å²) in [5.74, 6) is 3.21. The van der Waals surface area contributed by atoms with E-state index in [1.807, 2.05) is 6.07 Å². The van der Waals surface area contributed by atoms with Crippen LogP contribution in [-0.4, -0.2) is 15.0 Å². The summed E-state index contributed by atoms with van der Waals surface area (Å²) in [5, 5.41) is 1.08. The maximum atomic E-state index is 6.48. The van der Waals surface area contributed by atoms with Gasteiger partial charge in [-0.05, 0) is 74.7 Å². The van der Waals surface area contributed by atoms with Gasteiger partial charge in [0, 0.05) is 45.2 Å². The van der Waals surface area contributed by atoms with Crippen LogP contribution in [0.2, 0.25) is 0 Å². The highest BCUT2D eigenvalue weighted by molar-refractivity contribution is 5.97. The molecule has 0 saturated carbocycles. The van der Waals surface area contributed by atoms with Crippen LogP contribution in [0.1, 0.15) is 70.7 Å². The van der Waals surface area contributed by atoms with Gasteiger partial charge in [0.15, 0.2) is 11.6 Å². The molecule has 5 aromatic carbocycles. The molecule has 0 saturated heterocycles.